The van der Waals surface area contributed by atoms with Crippen LogP contribution >= 0.6 is 0 Å². The smallest absolute Gasteiger partial charge is 0.240 e. The summed E-state index contributed by atoms with van der Waals surface area (Å²) >= 11 is 0. The minimum Gasteiger partial charge on any atom is -0.497 e. The highest BCUT2D eigenvalue weighted by atomic mass is 32.2. The van der Waals surface area contributed by atoms with Crippen LogP contribution in [0, 0.1) is 0 Å². The molecule has 27 heavy (non-hydrogen) atoms. The number of methoxy groups -OCH3 is 1. The summed E-state index contributed by atoms with van der Waals surface area (Å²) in [7, 11) is -2.13. The van der Waals surface area contributed by atoms with Gasteiger partial charge in [0, 0.05) is 12.6 Å². The molecular weight excluding hydrogens is 368 g/mol. The lowest BCUT2D eigenvalue weighted by atomic mass is 10.2. The molecule has 0 radical (unpaired) electrons. The summed E-state index contributed by atoms with van der Waals surface area (Å²) in [6.45, 7) is 0.765. The van der Waals surface area contributed by atoms with Gasteiger partial charge in [0.1, 0.15) is 12.3 Å². The zero-order valence-corrected chi connectivity index (χ0v) is 16.2. The molecular formula is C19H24N2O5S. The number of hydrogen-bond acceptors (Lipinski definition) is 5. The number of nitrogens with zero attached hydrogens (tertiary/aromatic N) is 1. The van der Waals surface area contributed by atoms with Crippen molar-refractivity contribution in [2.45, 2.75) is 6.61 Å². The van der Waals surface area contributed by atoms with Crippen molar-refractivity contribution in [1.29, 1.82) is 0 Å². The molecule has 0 saturated carbocycles. The standard InChI is InChI=1S/C19H24N2O5S/c1-25-18-10-6-9-17(13-18)21(27(2,23)24)14-19(22)20-11-12-26-15-16-7-4-3-5-8-16/h3-10,13H,11-12,14-15H2,1-2H3,(H,20,22). The van der Waals surface area contributed by atoms with Crippen LogP contribution in [0.1, 0.15) is 5.56 Å². The van der Waals surface area contributed by atoms with Gasteiger partial charge in [0.25, 0.3) is 0 Å². The van der Waals surface area contributed by atoms with E-state index in [1.165, 1.54) is 7.11 Å². The largest absolute Gasteiger partial charge is 0.497 e. The van der Waals surface area contributed by atoms with E-state index in [9.17, 15) is 13.2 Å². The summed E-state index contributed by atoms with van der Waals surface area (Å²) in [4.78, 5) is 12.2. The van der Waals surface area contributed by atoms with Crippen molar-refractivity contribution in [1.82, 2.24) is 5.32 Å². The normalized spacial score (nSPS) is 11.0. The highest BCUT2D eigenvalue weighted by molar-refractivity contribution is 7.92. The molecule has 0 aromatic heterocycles. The molecule has 0 saturated heterocycles. The number of sulfonamides is 1. The highest BCUT2D eigenvalue weighted by Crippen LogP contribution is 2.22. The molecule has 0 atom stereocenters. The summed E-state index contributed by atoms with van der Waals surface area (Å²) in [5.74, 6) is 0.0995. The van der Waals surface area contributed by atoms with Crippen LogP contribution in [0.5, 0.6) is 5.75 Å². The van der Waals surface area contributed by atoms with Crippen LogP contribution in [0.2, 0.25) is 0 Å². The summed E-state index contributed by atoms with van der Waals surface area (Å²) in [6, 6.07) is 16.2. The summed E-state index contributed by atoms with van der Waals surface area (Å²) in [5, 5.41) is 2.67. The molecule has 0 aliphatic rings. The zero-order valence-electron chi connectivity index (χ0n) is 15.4. The van der Waals surface area contributed by atoms with Crippen molar-refractivity contribution in [3.63, 3.8) is 0 Å². The second-order valence-electron chi connectivity index (χ2n) is 5.86. The van der Waals surface area contributed by atoms with Crippen molar-refractivity contribution >= 4 is 21.6 Å². The highest BCUT2D eigenvalue weighted by Gasteiger charge is 2.21. The van der Waals surface area contributed by atoms with E-state index < -0.39 is 15.9 Å². The lowest BCUT2D eigenvalue weighted by Crippen LogP contribution is -2.41. The van der Waals surface area contributed by atoms with E-state index in [1.807, 2.05) is 30.3 Å². The van der Waals surface area contributed by atoms with Crippen molar-refractivity contribution < 1.29 is 22.7 Å². The molecule has 7 nitrogen and oxygen atoms in total. The van der Waals surface area contributed by atoms with Gasteiger partial charge in [0.15, 0.2) is 0 Å². The first-order valence-electron chi connectivity index (χ1n) is 8.40. The minimum absolute atomic E-state index is 0.293. The Balaban J connectivity index is 1.85. The maximum absolute atomic E-state index is 12.2. The zero-order chi connectivity index (χ0) is 19.7. The molecule has 2 aromatic rings. The van der Waals surface area contributed by atoms with E-state index in [-0.39, 0.29) is 6.54 Å². The van der Waals surface area contributed by atoms with Crippen molar-refractivity contribution in [3.05, 3.63) is 60.2 Å². The van der Waals surface area contributed by atoms with Crippen LogP contribution in [-0.2, 0) is 26.2 Å². The third-order valence-electron chi connectivity index (χ3n) is 3.71. The van der Waals surface area contributed by atoms with E-state index in [0.717, 1.165) is 16.1 Å². The third kappa shape index (κ3) is 6.92. The SMILES string of the molecule is COc1cccc(N(CC(=O)NCCOCc2ccccc2)S(C)(=O)=O)c1. The van der Waals surface area contributed by atoms with Gasteiger partial charge in [-0.3, -0.25) is 9.10 Å². The molecule has 0 fully saturated rings. The van der Waals surface area contributed by atoms with E-state index in [1.54, 1.807) is 24.3 Å². The van der Waals surface area contributed by atoms with Crippen LogP contribution < -0.4 is 14.4 Å². The fourth-order valence-electron chi connectivity index (χ4n) is 2.38. The van der Waals surface area contributed by atoms with Gasteiger partial charge >= 0.3 is 0 Å². The number of nitrogens with one attached hydrogen (secondary N) is 1. The van der Waals surface area contributed by atoms with E-state index >= 15 is 0 Å². The predicted molar refractivity (Wildman–Crippen MR) is 104 cm³/mol. The Morgan fingerprint density at radius 1 is 1.11 bits per heavy atom. The maximum atomic E-state index is 12.2. The van der Waals surface area contributed by atoms with E-state index in [0.29, 0.717) is 31.2 Å². The molecule has 0 aliphatic carbocycles. The Hall–Kier alpha value is -2.58. The molecule has 0 aliphatic heterocycles. The number of hydrogen-bond donors (Lipinski definition) is 1. The fraction of sp³-hybridized carbons (Fsp3) is 0.316. The van der Waals surface area contributed by atoms with Gasteiger partial charge in [-0.15, -0.1) is 0 Å². The molecule has 0 spiro atoms. The van der Waals surface area contributed by atoms with Crippen molar-refractivity contribution in [2.24, 2.45) is 0 Å². The number of benzene rings is 2. The second kappa shape index (κ2) is 9.94. The molecule has 2 rings (SSSR count). The fourth-order valence-corrected chi connectivity index (χ4v) is 3.23. The Bertz CT molecular complexity index is 840. The first-order valence-corrected chi connectivity index (χ1v) is 10.2. The maximum Gasteiger partial charge on any atom is 0.240 e. The average Bonchev–Trinajstić information content (AvgIpc) is 2.66. The van der Waals surface area contributed by atoms with Crippen molar-refractivity contribution in [3.8, 4) is 5.75 Å². The quantitative estimate of drug-likeness (QED) is 0.623. The average molecular weight is 392 g/mol. The van der Waals surface area contributed by atoms with Gasteiger partial charge < -0.3 is 14.8 Å². The predicted octanol–water partition coefficient (Wildman–Crippen LogP) is 1.79. The third-order valence-corrected chi connectivity index (χ3v) is 4.85. The molecule has 0 unspecified atom stereocenters. The lowest BCUT2D eigenvalue weighted by molar-refractivity contribution is -0.119. The molecule has 0 bridgehead atoms. The first-order chi connectivity index (χ1) is 12.9. The van der Waals surface area contributed by atoms with E-state index in [4.69, 9.17) is 9.47 Å². The molecule has 8 heteroatoms. The van der Waals surface area contributed by atoms with Crippen LogP contribution in [-0.4, -0.2) is 47.4 Å². The Morgan fingerprint density at radius 3 is 2.52 bits per heavy atom. The Labute approximate surface area is 160 Å². The number of rotatable bonds is 10. The summed E-state index contributed by atoms with van der Waals surface area (Å²) < 4.78 is 35.8. The van der Waals surface area contributed by atoms with Gasteiger partial charge in [-0.2, -0.15) is 0 Å². The number of ether oxygens (including phenoxy) is 2. The molecule has 1 amide bonds. The number of carbonyl (C=O) groups excluding carboxylic acids is 1. The monoisotopic (exact) mass is 392 g/mol. The summed E-state index contributed by atoms with van der Waals surface area (Å²) in [5.41, 5.74) is 1.41. The topological polar surface area (TPSA) is 84.9 Å². The molecule has 2 aromatic carbocycles. The van der Waals surface area contributed by atoms with Crippen LogP contribution in [0.25, 0.3) is 0 Å². The summed E-state index contributed by atoms with van der Waals surface area (Å²) in [6.07, 6.45) is 1.06. The molecule has 146 valence electrons. The van der Waals surface area contributed by atoms with Gasteiger partial charge in [0.2, 0.25) is 15.9 Å². The van der Waals surface area contributed by atoms with Gasteiger partial charge in [-0.1, -0.05) is 36.4 Å². The number of amides is 1. The minimum atomic E-state index is -3.62. The first kappa shape index (κ1) is 20.7. The molecule has 0 heterocycles. The van der Waals surface area contributed by atoms with Crippen LogP contribution in [0.15, 0.2) is 54.6 Å². The number of carbonyl (C=O) groups is 1. The molecule has 1 N–H and O–H groups in total. The van der Waals surface area contributed by atoms with E-state index in [2.05, 4.69) is 5.32 Å². The van der Waals surface area contributed by atoms with Crippen LogP contribution in [0.3, 0.4) is 0 Å². The lowest BCUT2D eigenvalue weighted by Gasteiger charge is -2.22. The van der Waals surface area contributed by atoms with Crippen molar-refractivity contribution in [2.75, 3.05) is 37.4 Å². The Morgan fingerprint density at radius 2 is 1.85 bits per heavy atom. The number of anilines is 1. The van der Waals surface area contributed by atoms with Gasteiger partial charge in [0.05, 0.1) is 32.3 Å². The van der Waals surface area contributed by atoms with Crippen LogP contribution in [0.4, 0.5) is 5.69 Å². The Kier molecular flexibility index (Phi) is 7.63. The second-order valence-corrected chi connectivity index (χ2v) is 7.77. The van der Waals surface area contributed by atoms with Gasteiger partial charge in [-0.25, -0.2) is 8.42 Å². The van der Waals surface area contributed by atoms with Gasteiger partial charge in [-0.05, 0) is 17.7 Å².